The zero-order valence-electron chi connectivity index (χ0n) is 11.5. The number of non-ortho nitro benzene ring substituents is 1. The average molecular weight is 301 g/mol. The molecule has 0 fully saturated rings. The quantitative estimate of drug-likeness (QED) is 0.514. The van der Waals surface area contributed by atoms with Crippen molar-refractivity contribution in [1.29, 1.82) is 0 Å². The van der Waals surface area contributed by atoms with Gasteiger partial charge in [0, 0.05) is 24.0 Å². The summed E-state index contributed by atoms with van der Waals surface area (Å²) in [6, 6.07) is 6.79. The maximum absolute atomic E-state index is 11.0. The van der Waals surface area contributed by atoms with Crippen LogP contribution in [0.4, 0.5) is 17.1 Å². The molecule has 2 aromatic rings. The van der Waals surface area contributed by atoms with Gasteiger partial charge in [0.05, 0.1) is 21.6 Å². The number of rotatable bonds is 5. The van der Waals surface area contributed by atoms with E-state index in [0.717, 1.165) is 11.6 Å². The normalized spacial score (nSPS) is 11.0. The molecular weight excluding hydrogens is 290 g/mol. The van der Waals surface area contributed by atoms with Crippen molar-refractivity contribution in [2.24, 2.45) is 5.10 Å². The molecule has 1 aromatic heterocycles. The third-order valence-corrected chi connectivity index (χ3v) is 2.83. The highest BCUT2D eigenvalue weighted by molar-refractivity contribution is 5.99. The van der Waals surface area contributed by atoms with Crippen molar-refractivity contribution in [2.45, 2.75) is 6.92 Å². The lowest BCUT2D eigenvalue weighted by Crippen LogP contribution is -2.02. The van der Waals surface area contributed by atoms with E-state index in [1.807, 2.05) is 0 Å². The standard InChI is InChI=1S/C13H11N5O4/c1-9(10-4-6-14-7-5-10)15-16-12-3-2-11(17(19)20)8-13(12)18(21)22/h2-8,16H,1H3/b15-9-. The van der Waals surface area contributed by atoms with E-state index in [0.29, 0.717) is 5.71 Å². The number of benzene rings is 1. The largest absolute Gasteiger partial charge is 0.301 e. The minimum atomic E-state index is -0.702. The van der Waals surface area contributed by atoms with E-state index in [9.17, 15) is 20.2 Å². The molecule has 112 valence electrons. The number of nitro benzene ring substituents is 2. The van der Waals surface area contributed by atoms with Crippen molar-refractivity contribution >= 4 is 22.8 Å². The molecule has 1 N–H and O–H groups in total. The van der Waals surface area contributed by atoms with Gasteiger partial charge in [-0.25, -0.2) is 0 Å². The topological polar surface area (TPSA) is 124 Å². The molecule has 9 heteroatoms. The van der Waals surface area contributed by atoms with Gasteiger partial charge in [0.25, 0.3) is 5.69 Å². The molecule has 2 rings (SSSR count). The highest BCUT2D eigenvalue weighted by Gasteiger charge is 2.19. The van der Waals surface area contributed by atoms with Crippen LogP contribution in [0.5, 0.6) is 0 Å². The summed E-state index contributed by atoms with van der Waals surface area (Å²) in [5, 5.41) is 25.7. The van der Waals surface area contributed by atoms with Gasteiger partial charge in [-0.15, -0.1) is 0 Å². The van der Waals surface area contributed by atoms with Crippen molar-refractivity contribution in [3.8, 4) is 0 Å². The second-order valence-corrected chi connectivity index (χ2v) is 4.26. The number of nitro groups is 2. The van der Waals surface area contributed by atoms with Crippen LogP contribution in [0, 0.1) is 20.2 Å². The van der Waals surface area contributed by atoms with Crippen LogP contribution in [0.1, 0.15) is 12.5 Å². The van der Waals surface area contributed by atoms with E-state index in [4.69, 9.17) is 0 Å². The first-order valence-corrected chi connectivity index (χ1v) is 6.12. The van der Waals surface area contributed by atoms with Crippen LogP contribution in [0.25, 0.3) is 0 Å². The number of hydrazone groups is 1. The highest BCUT2D eigenvalue weighted by atomic mass is 16.6. The summed E-state index contributed by atoms with van der Waals surface area (Å²) in [5.74, 6) is 0. The van der Waals surface area contributed by atoms with Crippen LogP contribution >= 0.6 is 0 Å². The van der Waals surface area contributed by atoms with Crippen LogP contribution < -0.4 is 5.43 Å². The zero-order valence-corrected chi connectivity index (χ0v) is 11.5. The first-order chi connectivity index (χ1) is 10.5. The van der Waals surface area contributed by atoms with E-state index >= 15 is 0 Å². The number of hydrogen-bond acceptors (Lipinski definition) is 7. The second kappa shape index (κ2) is 6.39. The number of anilines is 1. The Kier molecular flexibility index (Phi) is 4.37. The maximum Gasteiger partial charge on any atom is 0.301 e. The van der Waals surface area contributed by atoms with Crippen molar-refractivity contribution in [3.05, 3.63) is 68.5 Å². The van der Waals surface area contributed by atoms with Crippen LogP contribution in [0.3, 0.4) is 0 Å². The molecule has 0 aliphatic heterocycles. The Morgan fingerprint density at radius 3 is 2.41 bits per heavy atom. The first kappa shape index (κ1) is 15.0. The van der Waals surface area contributed by atoms with Gasteiger partial charge in [0.15, 0.2) is 0 Å². The molecule has 0 spiro atoms. The summed E-state index contributed by atoms with van der Waals surface area (Å²) in [6.45, 7) is 1.72. The summed E-state index contributed by atoms with van der Waals surface area (Å²) in [4.78, 5) is 24.2. The monoisotopic (exact) mass is 301 g/mol. The van der Waals surface area contributed by atoms with Gasteiger partial charge < -0.3 is 0 Å². The Morgan fingerprint density at radius 2 is 1.82 bits per heavy atom. The number of aromatic nitrogens is 1. The van der Waals surface area contributed by atoms with Crippen molar-refractivity contribution < 1.29 is 9.85 Å². The molecule has 9 nitrogen and oxygen atoms in total. The predicted octanol–water partition coefficient (Wildman–Crippen LogP) is 2.73. The lowest BCUT2D eigenvalue weighted by molar-refractivity contribution is -0.393. The SMILES string of the molecule is C/C(=N/Nc1ccc([N+](=O)[O-])cc1[N+](=O)[O-])c1ccncc1. The first-order valence-electron chi connectivity index (χ1n) is 6.12. The van der Waals surface area contributed by atoms with Crippen molar-refractivity contribution in [1.82, 2.24) is 4.98 Å². The summed E-state index contributed by atoms with van der Waals surface area (Å²) < 4.78 is 0. The lowest BCUT2D eigenvalue weighted by Gasteiger charge is -2.04. The number of pyridine rings is 1. The Bertz CT molecular complexity index is 745. The molecule has 0 aliphatic carbocycles. The molecule has 0 aliphatic rings. The van der Waals surface area contributed by atoms with Gasteiger partial charge in [-0.2, -0.15) is 5.10 Å². The maximum atomic E-state index is 11.0. The van der Waals surface area contributed by atoms with E-state index in [2.05, 4.69) is 15.5 Å². The average Bonchev–Trinajstić information content (AvgIpc) is 2.53. The predicted molar refractivity (Wildman–Crippen MR) is 79.8 cm³/mol. The van der Waals surface area contributed by atoms with E-state index in [1.165, 1.54) is 12.1 Å². The minimum absolute atomic E-state index is 0.0732. The van der Waals surface area contributed by atoms with Gasteiger partial charge in [-0.05, 0) is 25.1 Å². The summed E-state index contributed by atoms with van der Waals surface area (Å²) in [7, 11) is 0. The Balaban J connectivity index is 2.30. The van der Waals surface area contributed by atoms with E-state index in [-0.39, 0.29) is 11.4 Å². The minimum Gasteiger partial charge on any atom is -0.271 e. The Labute approximate surface area is 124 Å². The number of nitrogens with one attached hydrogen (secondary N) is 1. The third kappa shape index (κ3) is 3.39. The van der Waals surface area contributed by atoms with Crippen LogP contribution in [0.2, 0.25) is 0 Å². The summed E-state index contributed by atoms with van der Waals surface area (Å²) in [5.41, 5.74) is 3.26. The smallest absolute Gasteiger partial charge is 0.271 e. The van der Waals surface area contributed by atoms with Crippen LogP contribution in [-0.2, 0) is 0 Å². The van der Waals surface area contributed by atoms with Gasteiger partial charge in [0.1, 0.15) is 5.69 Å². The van der Waals surface area contributed by atoms with Gasteiger partial charge >= 0.3 is 5.69 Å². The third-order valence-electron chi connectivity index (χ3n) is 2.83. The molecule has 1 heterocycles. The molecule has 1 aromatic carbocycles. The Morgan fingerprint density at radius 1 is 1.14 bits per heavy atom. The second-order valence-electron chi connectivity index (χ2n) is 4.26. The van der Waals surface area contributed by atoms with Crippen LogP contribution in [0.15, 0.2) is 47.8 Å². The fourth-order valence-corrected chi connectivity index (χ4v) is 1.68. The van der Waals surface area contributed by atoms with E-state index < -0.39 is 15.5 Å². The lowest BCUT2D eigenvalue weighted by atomic mass is 10.2. The molecule has 0 bridgehead atoms. The van der Waals surface area contributed by atoms with Gasteiger partial charge in [-0.1, -0.05) is 0 Å². The molecule has 0 saturated carbocycles. The number of nitrogens with zero attached hydrogens (tertiary/aromatic N) is 4. The summed E-state index contributed by atoms with van der Waals surface area (Å²) >= 11 is 0. The molecule has 0 saturated heterocycles. The Hall–Kier alpha value is -3.36. The molecule has 0 unspecified atom stereocenters. The summed E-state index contributed by atoms with van der Waals surface area (Å²) in [6.07, 6.45) is 3.20. The van der Waals surface area contributed by atoms with Crippen molar-refractivity contribution in [2.75, 3.05) is 5.43 Å². The number of hydrogen-bond donors (Lipinski definition) is 1. The fourth-order valence-electron chi connectivity index (χ4n) is 1.68. The molecule has 0 radical (unpaired) electrons. The molecule has 0 amide bonds. The molecule has 0 atom stereocenters. The van der Waals surface area contributed by atoms with Gasteiger partial charge in [-0.3, -0.25) is 30.6 Å². The van der Waals surface area contributed by atoms with E-state index in [1.54, 1.807) is 31.5 Å². The molecular formula is C13H11N5O4. The van der Waals surface area contributed by atoms with Crippen molar-refractivity contribution in [3.63, 3.8) is 0 Å². The van der Waals surface area contributed by atoms with Gasteiger partial charge in [0.2, 0.25) is 0 Å². The zero-order chi connectivity index (χ0) is 16.1. The fraction of sp³-hybridized carbons (Fsp3) is 0.0769. The molecule has 22 heavy (non-hydrogen) atoms. The highest BCUT2D eigenvalue weighted by Crippen LogP contribution is 2.28. The van der Waals surface area contributed by atoms with Crippen LogP contribution in [-0.4, -0.2) is 20.5 Å².